The van der Waals surface area contributed by atoms with Gasteiger partial charge < -0.3 is 14.5 Å². The molecule has 0 bridgehead atoms. The van der Waals surface area contributed by atoms with Crippen molar-refractivity contribution in [3.63, 3.8) is 0 Å². The molecule has 2 unspecified atom stereocenters. The van der Waals surface area contributed by atoms with Gasteiger partial charge in [-0.2, -0.15) is 0 Å². The van der Waals surface area contributed by atoms with Crippen molar-refractivity contribution in [3.05, 3.63) is 23.7 Å². The van der Waals surface area contributed by atoms with E-state index in [0.717, 1.165) is 44.2 Å². The molecule has 2 heterocycles. The highest BCUT2D eigenvalue weighted by Crippen LogP contribution is 2.17. The minimum absolute atomic E-state index is 0.560. The first-order chi connectivity index (χ1) is 8.69. The van der Waals surface area contributed by atoms with E-state index in [4.69, 9.17) is 9.15 Å². The molecule has 1 fully saturated rings. The highest BCUT2D eigenvalue weighted by atomic mass is 16.5. The zero-order valence-corrected chi connectivity index (χ0v) is 11.6. The minimum Gasteiger partial charge on any atom is -0.465 e. The highest BCUT2D eigenvalue weighted by molar-refractivity contribution is 5.05. The second-order valence-corrected chi connectivity index (χ2v) is 5.23. The van der Waals surface area contributed by atoms with E-state index >= 15 is 0 Å². The van der Waals surface area contributed by atoms with Crippen LogP contribution in [0.2, 0.25) is 0 Å². The van der Waals surface area contributed by atoms with Crippen molar-refractivity contribution in [2.24, 2.45) is 5.92 Å². The van der Waals surface area contributed by atoms with Gasteiger partial charge in [0.05, 0.1) is 13.2 Å². The summed E-state index contributed by atoms with van der Waals surface area (Å²) in [6, 6.07) is 4.64. The lowest BCUT2D eigenvalue weighted by molar-refractivity contribution is 0.0201. The maximum absolute atomic E-state index is 5.61. The molecule has 0 saturated carbocycles. The summed E-state index contributed by atoms with van der Waals surface area (Å²) in [7, 11) is 4.18. The molecule has 1 N–H and O–H groups in total. The van der Waals surface area contributed by atoms with E-state index in [-0.39, 0.29) is 0 Å². The van der Waals surface area contributed by atoms with Crippen LogP contribution in [-0.2, 0) is 11.3 Å². The number of hydrogen-bond acceptors (Lipinski definition) is 4. The SMILES string of the molecule is CNC1CCOCC1CN(C)Cc1ccc(C)o1. The fourth-order valence-corrected chi connectivity index (χ4v) is 2.66. The lowest BCUT2D eigenvalue weighted by Gasteiger charge is -2.33. The molecular formula is C14H24N2O2. The summed E-state index contributed by atoms with van der Waals surface area (Å²) in [6.45, 7) is 5.61. The van der Waals surface area contributed by atoms with E-state index in [0.29, 0.717) is 12.0 Å². The molecule has 4 heteroatoms. The normalized spacial score (nSPS) is 24.7. The average molecular weight is 252 g/mol. The summed E-state index contributed by atoms with van der Waals surface area (Å²) in [6.07, 6.45) is 1.11. The molecular weight excluding hydrogens is 228 g/mol. The van der Waals surface area contributed by atoms with Crippen LogP contribution in [0.15, 0.2) is 16.5 Å². The zero-order valence-electron chi connectivity index (χ0n) is 11.6. The van der Waals surface area contributed by atoms with E-state index in [2.05, 4.69) is 23.3 Å². The van der Waals surface area contributed by atoms with Crippen LogP contribution < -0.4 is 5.32 Å². The first kappa shape index (κ1) is 13.6. The average Bonchev–Trinajstić information content (AvgIpc) is 2.75. The Balaban J connectivity index is 1.84. The smallest absolute Gasteiger partial charge is 0.118 e. The van der Waals surface area contributed by atoms with Gasteiger partial charge in [-0.1, -0.05) is 0 Å². The Hall–Kier alpha value is -0.840. The van der Waals surface area contributed by atoms with E-state index < -0.39 is 0 Å². The second-order valence-electron chi connectivity index (χ2n) is 5.23. The van der Waals surface area contributed by atoms with Gasteiger partial charge in [-0.25, -0.2) is 0 Å². The monoisotopic (exact) mass is 252 g/mol. The van der Waals surface area contributed by atoms with Crippen LogP contribution in [-0.4, -0.2) is 44.8 Å². The van der Waals surface area contributed by atoms with Crippen molar-refractivity contribution < 1.29 is 9.15 Å². The first-order valence-electron chi connectivity index (χ1n) is 6.68. The first-order valence-corrected chi connectivity index (χ1v) is 6.68. The van der Waals surface area contributed by atoms with Crippen LogP contribution in [0.5, 0.6) is 0 Å². The molecule has 0 radical (unpaired) electrons. The van der Waals surface area contributed by atoms with Crippen molar-refractivity contribution >= 4 is 0 Å². The number of furan rings is 1. The number of aryl methyl sites for hydroxylation is 1. The molecule has 1 aromatic rings. The molecule has 1 saturated heterocycles. The topological polar surface area (TPSA) is 37.6 Å². The molecule has 0 spiro atoms. The van der Waals surface area contributed by atoms with E-state index in [1.54, 1.807) is 0 Å². The van der Waals surface area contributed by atoms with Gasteiger partial charge in [0.1, 0.15) is 11.5 Å². The molecule has 1 aliphatic heterocycles. The number of ether oxygens (including phenoxy) is 1. The van der Waals surface area contributed by atoms with Crippen LogP contribution in [0.4, 0.5) is 0 Å². The summed E-state index contributed by atoms with van der Waals surface area (Å²) < 4.78 is 11.2. The van der Waals surface area contributed by atoms with Crippen molar-refractivity contribution in [2.75, 3.05) is 33.9 Å². The van der Waals surface area contributed by atoms with Crippen LogP contribution in [0.3, 0.4) is 0 Å². The summed E-state index contributed by atoms with van der Waals surface area (Å²) >= 11 is 0. The van der Waals surface area contributed by atoms with Crippen molar-refractivity contribution in [1.82, 2.24) is 10.2 Å². The third-order valence-corrected chi connectivity index (χ3v) is 3.61. The molecule has 102 valence electrons. The van der Waals surface area contributed by atoms with Crippen molar-refractivity contribution in [3.8, 4) is 0 Å². The number of rotatable bonds is 5. The van der Waals surface area contributed by atoms with Crippen molar-refractivity contribution in [1.29, 1.82) is 0 Å². The zero-order chi connectivity index (χ0) is 13.0. The van der Waals surface area contributed by atoms with Crippen molar-refractivity contribution in [2.45, 2.75) is 25.9 Å². The molecule has 0 aliphatic carbocycles. The number of hydrogen-bond donors (Lipinski definition) is 1. The minimum atomic E-state index is 0.560. The summed E-state index contributed by atoms with van der Waals surface area (Å²) in [5.41, 5.74) is 0. The molecule has 1 aliphatic rings. The highest BCUT2D eigenvalue weighted by Gasteiger charge is 2.25. The second kappa shape index (κ2) is 6.36. The van der Waals surface area contributed by atoms with Gasteiger partial charge >= 0.3 is 0 Å². The quantitative estimate of drug-likeness (QED) is 0.864. The Morgan fingerprint density at radius 2 is 2.28 bits per heavy atom. The predicted molar refractivity (Wildman–Crippen MR) is 71.6 cm³/mol. The Labute approximate surface area is 109 Å². The molecule has 0 amide bonds. The van der Waals surface area contributed by atoms with Gasteiger partial charge in [-0.05, 0) is 39.6 Å². The summed E-state index contributed by atoms with van der Waals surface area (Å²) in [4.78, 5) is 2.31. The van der Waals surface area contributed by atoms with E-state index in [1.807, 2.05) is 20.0 Å². The molecule has 4 nitrogen and oxygen atoms in total. The lowest BCUT2D eigenvalue weighted by Crippen LogP contribution is -2.45. The Bertz CT molecular complexity index is 364. The van der Waals surface area contributed by atoms with E-state index in [1.165, 1.54) is 0 Å². The van der Waals surface area contributed by atoms with Gasteiger partial charge in [0.15, 0.2) is 0 Å². The van der Waals surface area contributed by atoms with Crippen LogP contribution in [0, 0.1) is 12.8 Å². The predicted octanol–water partition coefficient (Wildman–Crippen LogP) is 1.64. The van der Waals surface area contributed by atoms with Gasteiger partial charge in [-0.15, -0.1) is 0 Å². The molecule has 2 rings (SSSR count). The molecule has 1 aromatic heterocycles. The maximum atomic E-state index is 5.61. The van der Waals surface area contributed by atoms with Crippen LogP contribution in [0.1, 0.15) is 17.9 Å². The molecule has 2 atom stereocenters. The Kier molecular flexibility index (Phi) is 4.80. The third kappa shape index (κ3) is 3.57. The Morgan fingerprint density at radius 1 is 1.44 bits per heavy atom. The third-order valence-electron chi connectivity index (χ3n) is 3.61. The summed E-state index contributed by atoms with van der Waals surface area (Å²) in [5, 5.41) is 3.40. The van der Waals surface area contributed by atoms with Gasteiger partial charge in [0, 0.05) is 25.1 Å². The van der Waals surface area contributed by atoms with E-state index in [9.17, 15) is 0 Å². The Morgan fingerprint density at radius 3 is 2.94 bits per heavy atom. The van der Waals surface area contributed by atoms with Gasteiger partial charge in [0.2, 0.25) is 0 Å². The maximum Gasteiger partial charge on any atom is 0.118 e. The lowest BCUT2D eigenvalue weighted by atomic mass is 9.95. The molecule has 0 aromatic carbocycles. The number of nitrogens with one attached hydrogen (secondary N) is 1. The fraction of sp³-hybridized carbons (Fsp3) is 0.714. The number of nitrogens with zero attached hydrogens (tertiary/aromatic N) is 1. The fourth-order valence-electron chi connectivity index (χ4n) is 2.66. The standard InChI is InChI=1S/C14H24N2O2/c1-11-4-5-13(18-11)9-16(3)8-12-10-17-7-6-14(12)15-2/h4-5,12,14-15H,6-10H2,1-3H3. The largest absolute Gasteiger partial charge is 0.465 e. The summed E-state index contributed by atoms with van der Waals surface area (Å²) in [5.74, 6) is 2.57. The molecule has 18 heavy (non-hydrogen) atoms. The van der Waals surface area contributed by atoms with Gasteiger partial charge in [-0.3, -0.25) is 4.90 Å². The van der Waals surface area contributed by atoms with Crippen LogP contribution in [0.25, 0.3) is 0 Å². The van der Waals surface area contributed by atoms with Gasteiger partial charge in [0.25, 0.3) is 0 Å². The van der Waals surface area contributed by atoms with Crippen LogP contribution >= 0.6 is 0 Å².